The van der Waals surface area contributed by atoms with E-state index in [1.54, 1.807) is 36.4 Å². The van der Waals surface area contributed by atoms with Crippen molar-refractivity contribution in [1.82, 2.24) is 5.32 Å². The molecule has 0 saturated heterocycles. The fourth-order valence-corrected chi connectivity index (χ4v) is 2.08. The molecule has 0 aliphatic carbocycles. The highest BCUT2D eigenvalue weighted by atomic mass is 79.9. The van der Waals surface area contributed by atoms with Gasteiger partial charge in [0.2, 0.25) is 5.91 Å². The molecular formula is C15H15BrN2O4. The molecule has 0 spiro atoms. The van der Waals surface area contributed by atoms with E-state index in [0.717, 1.165) is 5.56 Å². The Labute approximate surface area is 135 Å². The Kier molecular flexibility index (Phi) is 5.74. The molecule has 7 heteroatoms. The number of anilines is 1. The van der Waals surface area contributed by atoms with E-state index in [2.05, 4.69) is 26.6 Å². The van der Waals surface area contributed by atoms with Crippen molar-refractivity contribution in [1.29, 1.82) is 0 Å². The van der Waals surface area contributed by atoms with Crippen molar-refractivity contribution < 1.29 is 19.1 Å². The molecule has 0 aliphatic rings. The molecule has 1 heterocycles. The van der Waals surface area contributed by atoms with E-state index in [4.69, 9.17) is 9.52 Å². The van der Waals surface area contributed by atoms with Crippen LogP contribution < -0.4 is 10.6 Å². The van der Waals surface area contributed by atoms with Crippen LogP contribution in [0.15, 0.2) is 45.5 Å². The average molecular weight is 367 g/mol. The van der Waals surface area contributed by atoms with E-state index >= 15 is 0 Å². The number of furan rings is 1. The van der Waals surface area contributed by atoms with Gasteiger partial charge in [-0.25, -0.2) is 0 Å². The van der Waals surface area contributed by atoms with Crippen LogP contribution in [0.2, 0.25) is 0 Å². The topological polar surface area (TPSA) is 91.6 Å². The predicted octanol–water partition coefficient (Wildman–Crippen LogP) is 1.95. The quantitative estimate of drug-likeness (QED) is 0.728. The van der Waals surface area contributed by atoms with E-state index in [-0.39, 0.29) is 37.1 Å². The second-order valence-corrected chi connectivity index (χ2v) is 5.29. The maximum absolute atomic E-state index is 11.9. The first-order valence-corrected chi connectivity index (χ1v) is 7.41. The number of hydrogen-bond acceptors (Lipinski definition) is 4. The monoisotopic (exact) mass is 366 g/mol. The van der Waals surface area contributed by atoms with Gasteiger partial charge in [0.15, 0.2) is 10.4 Å². The zero-order chi connectivity index (χ0) is 15.9. The van der Waals surface area contributed by atoms with Crippen molar-refractivity contribution >= 4 is 33.4 Å². The van der Waals surface area contributed by atoms with Gasteiger partial charge in [-0.2, -0.15) is 0 Å². The Balaban J connectivity index is 1.91. The third-order valence-corrected chi connectivity index (χ3v) is 3.23. The first kappa shape index (κ1) is 16.3. The van der Waals surface area contributed by atoms with Crippen molar-refractivity contribution in [2.45, 2.75) is 6.42 Å². The second-order valence-electron chi connectivity index (χ2n) is 4.51. The van der Waals surface area contributed by atoms with Gasteiger partial charge in [0.05, 0.1) is 13.0 Å². The number of aliphatic hydroxyl groups excluding tert-OH is 1. The zero-order valence-electron chi connectivity index (χ0n) is 11.6. The van der Waals surface area contributed by atoms with Crippen molar-refractivity contribution in [2.24, 2.45) is 0 Å². The summed E-state index contributed by atoms with van der Waals surface area (Å²) < 4.78 is 5.65. The highest BCUT2D eigenvalue weighted by Gasteiger charge is 2.10. The SMILES string of the molecule is O=C(Cc1ccc(NC(=O)c2ccc(Br)o2)cc1)NCCO. The van der Waals surface area contributed by atoms with Gasteiger partial charge in [-0.1, -0.05) is 12.1 Å². The number of halogens is 1. The average Bonchev–Trinajstić information content (AvgIpc) is 2.94. The summed E-state index contributed by atoms with van der Waals surface area (Å²) in [5.41, 5.74) is 1.42. The summed E-state index contributed by atoms with van der Waals surface area (Å²) in [5.74, 6) is -0.301. The summed E-state index contributed by atoms with van der Waals surface area (Å²) in [6.07, 6.45) is 0.222. The molecule has 2 amide bonds. The number of carbonyl (C=O) groups is 2. The van der Waals surface area contributed by atoms with Gasteiger partial charge in [-0.3, -0.25) is 9.59 Å². The lowest BCUT2D eigenvalue weighted by Gasteiger charge is -2.06. The minimum absolute atomic E-state index is 0.0837. The van der Waals surface area contributed by atoms with E-state index in [1.807, 2.05) is 0 Å². The molecule has 0 fully saturated rings. The van der Waals surface area contributed by atoms with E-state index in [1.165, 1.54) is 0 Å². The van der Waals surface area contributed by atoms with Gasteiger partial charge in [0.1, 0.15) is 0 Å². The van der Waals surface area contributed by atoms with E-state index in [0.29, 0.717) is 10.4 Å². The molecule has 0 bridgehead atoms. The Morgan fingerprint density at radius 2 is 1.86 bits per heavy atom. The number of aliphatic hydroxyl groups is 1. The molecule has 3 N–H and O–H groups in total. The number of nitrogens with one attached hydrogen (secondary N) is 2. The van der Waals surface area contributed by atoms with Crippen LogP contribution in [0.5, 0.6) is 0 Å². The Hall–Kier alpha value is -2.12. The van der Waals surface area contributed by atoms with Crippen molar-refractivity contribution in [3.05, 3.63) is 52.4 Å². The minimum Gasteiger partial charge on any atom is -0.444 e. The second kappa shape index (κ2) is 7.77. The molecule has 1 aromatic carbocycles. The first-order valence-electron chi connectivity index (χ1n) is 6.61. The normalized spacial score (nSPS) is 10.3. The van der Waals surface area contributed by atoms with Gasteiger partial charge in [-0.05, 0) is 45.8 Å². The smallest absolute Gasteiger partial charge is 0.291 e. The van der Waals surface area contributed by atoms with Crippen LogP contribution in [0.4, 0.5) is 5.69 Å². The summed E-state index contributed by atoms with van der Waals surface area (Å²) in [4.78, 5) is 23.4. The van der Waals surface area contributed by atoms with Crippen molar-refractivity contribution in [2.75, 3.05) is 18.5 Å². The van der Waals surface area contributed by atoms with Gasteiger partial charge >= 0.3 is 0 Å². The summed E-state index contributed by atoms with van der Waals surface area (Å²) in [5, 5.41) is 13.9. The maximum atomic E-state index is 11.9. The molecular weight excluding hydrogens is 352 g/mol. The molecule has 6 nitrogen and oxygen atoms in total. The van der Waals surface area contributed by atoms with Crippen LogP contribution in [0.1, 0.15) is 16.1 Å². The standard InChI is InChI=1S/C15H15BrN2O4/c16-13-6-5-12(22-13)15(21)18-11-3-1-10(2-4-11)9-14(20)17-7-8-19/h1-6,19H,7-9H2,(H,17,20)(H,18,21). The molecule has 116 valence electrons. The lowest BCUT2D eigenvalue weighted by Crippen LogP contribution is -2.27. The molecule has 0 saturated carbocycles. The number of rotatable bonds is 6. The number of hydrogen-bond donors (Lipinski definition) is 3. The van der Waals surface area contributed by atoms with Gasteiger partial charge in [-0.15, -0.1) is 0 Å². The lowest BCUT2D eigenvalue weighted by molar-refractivity contribution is -0.120. The zero-order valence-corrected chi connectivity index (χ0v) is 13.2. The maximum Gasteiger partial charge on any atom is 0.291 e. The van der Waals surface area contributed by atoms with Crippen LogP contribution in [0.25, 0.3) is 0 Å². The van der Waals surface area contributed by atoms with Gasteiger partial charge < -0.3 is 20.2 Å². The third-order valence-electron chi connectivity index (χ3n) is 2.81. The van der Waals surface area contributed by atoms with Crippen LogP contribution in [0.3, 0.4) is 0 Å². The molecule has 0 unspecified atom stereocenters. The molecule has 0 aliphatic heterocycles. The van der Waals surface area contributed by atoms with Crippen molar-refractivity contribution in [3.8, 4) is 0 Å². The van der Waals surface area contributed by atoms with Gasteiger partial charge in [0, 0.05) is 12.2 Å². The highest BCUT2D eigenvalue weighted by Crippen LogP contribution is 2.16. The van der Waals surface area contributed by atoms with Crippen molar-refractivity contribution in [3.63, 3.8) is 0 Å². The fraction of sp³-hybridized carbons (Fsp3) is 0.200. The van der Waals surface area contributed by atoms with E-state index in [9.17, 15) is 9.59 Å². The molecule has 2 aromatic rings. The molecule has 22 heavy (non-hydrogen) atoms. The number of benzene rings is 1. The summed E-state index contributed by atoms with van der Waals surface area (Å²) in [6.45, 7) is 0.158. The molecule has 0 radical (unpaired) electrons. The minimum atomic E-state index is -0.348. The van der Waals surface area contributed by atoms with Crippen LogP contribution in [-0.4, -0.2) is 30.1 Å². The van der Waals surface area contributed by atoms with Gasteiger partial charge in [0.25, 0.3) is 5.91 Å². The summed E-state index contributed by atoms with van der Waals surface area (Å²) in [6, 6.07) is 10.1. The highest BCUT2D eigenvalue weighted by molar-refractivity contribution is 9.10. The molecule has 2 rings (SSSR count). The summed E-state index contributed by atoms with van der Waals surface area (Å²) >= 11 is 3.14. The Morgan fingerprint density at radius 3 is 2.45 bits per heavy atom. The Bertz CT molecular complexity index is 652. The Morgan fingerprint density at radius 1 is 1.14 bits per heavy atom. The first-order chi connectivity index (χ1) is 10.6. The molecule has 0 atom stereocenters. The summed E-state index contributed by atoms with van der Waals surface area (Å²) in [7, 11) is 0. The molecule has 1 aromatic heterocycles. The van der Waals surface area contributed by atoms with E-state index < -0.39 is 0 Å². The van der Waals surface area contributed by atoms with Crippen LogP contribution in [0, 0.1) is 0 Å². The van der Waals surface area contributed by atoms with Crippen LogP contribution in [-0.2, 0) is 11.2 Å². The van der Waals surface area contributed by atoms with Crippen LogP contribution >= 0.6 is 15.9 Å². The third kappa shape index (κ3) is 4.71. The predicted molar refractivity (Wildman–Crippen MR) is 84.6 cm³/mol. The lowest BCUT2D eigenvalue weighted by atomic mass is 10.1. The number of amides is 2. The largest absolute Gasteiger partial charge is 0.444 e. The fourth-order valence-electron chi connectivity index (χ4n) is 1.78. The number of carbonyl (C=O) groups excluding carboxylic acids is 2.